The first-order valence-electron chi connectivity index (χ1n) is 7.26. The second-order valence-corrected chi connectivity index (χ2v) is 5.51. The Bertz CT molecular complexity index is 940. The average Bonchev–Trinajstić information content (AvgIpc) is 3.04. The standard InChI is InChI=1S/C17H17N3O3/c1-10-7-13-14(8-11(10)2)20(3)17(22)15(19-13)16(21)18-9-12-5-4-6-23-12/h4-8H,9H2,1-3H3,(H,18,21). The third kappa shape index (κ3) is 2.75. The molecule has 118 valence electrons. The van der Waals surface area contributed by atoms with Crippen LogP contribution >= 0.6 is 0 Å². The lowest BCUT2D eigenvalue weighted by Crippen LogP contribution is -2.33. The van der Waals surface area contributed by atoms with E-state index in [2.05, 4.69) is 10.3 Å². The van der Waals surface area contributed by atoms with E-state index < -0.39 is 11.5 Å². The van der Waals surface area contributed by atoms with Gasteiger partial charge in [-0.15, -0.1) is 0 Å². The number of nitrogens with one attached hydrogen (secondary N) is 1. The van der Waals surface area contributed by atoms with E-state index in [9.17, 15) is 9.59 Å². The van der Waals surface area contributed by atoms with Crippen LogP contribution in [0.4, 0.5) is 0 Å². The maximum Gasteiger partial charge on any atom is 0.282 e. The summed E-state index contributed by atoms with van der Waals surface area (Å²) in [6, 6.07) is 7.27. The van der Waals surface area contributed by atoms with Gasteiger partial charge in [-0.05, 0) is 49.2 Å². The summed E-state index contributed by atoms with van der Waals surface area (Å²) in [6.07, 6.45) is 1.53. The molecule has 2 heterocycles. The fourth-order valence-electron chi connectivity index (χ4n) is 2.39. The highest BCUT2D eigenvalue weighted by atomic mass is 16.3. The normalized spacial score (nSPS) is 10.9. The Balaban J connectivity index is 2.00. The monoisotopic (exact) mass is 311 g/mol. The number of furan rings is 1. The summed E-state index contributed by atoms with van der Waals surface area (Å²) >= 11 is 0. The van der Waals surface area contributed by atoms with Gasteiger partial charge in [0.2, 0.25) is 0 Å². The smallest absolute Gasteiger partial charge is 0.282 e. The third-order valence-electron chi connectivity index (χ3n) is 3.91. The van der Waals surface area contributed by atoms with Gasteiger partial charge < -0.3 is 14.3 Å². The molecule has 6 nitrogen and oxygen atoms in total. The predicted octanol–water partition coefficient (Wildman–Crippen LogP) is 2.07. The third-order valence-corrected chi connectivity index (χ3v) is 3.91. The van der Waals surface area contributed by atoms with Gasteiger partial charge in [-0.25, -0.2) is 4.98 Å². The van der Waals surface area contributed by atoms with E-state index >= 15 is 0 Å². The van der Waals surface area contributed by atoms with Crippen molar-refractivity contribution in [1.29, 1.82) is 0 Å². The minimum absolute atomic E-state index is 0.116. The maximum absolute atomic E-state index is 12.4. The molecule has 0 spiro atoms. The van der Waals surface area contributed by atoms with Gasteiger partial charge in [-0.2, -0.15) is 0 Å². The zero-order chi connectivity index (χ0) is 16.6. The minimum Gasteiger partial charge on any atom is -0.467 e. The van der Waals surface area contributed by atoms with E-state index in [1.165, 1.54) is 10.8 Å². The molecule has 0 radical (unpaired) electrons. The molecule has 1 amide bonds. The van der Waals surface area contributed by atoms with Gasteiger partial charge >= 0.3 is 0 Å². The van der Waals surface area contributed by atoms with Gasteiger partial charge in [0.25, 0.3) is 11.5 Å². The number of aryl methyl sites for hydroxylation is 3. The average molecular weight is 311 g/mol. The van der Waals surface area contributed by atoms with Crippen molar-refractivity contribution in [3.8, 4) is 0 Å². The fraction of sp³-hybridized carbons (Fsp3) is 0.235. The second-order valence-electron chi connectivity index (χ2n) is 5.51. The van der Waals surface area contributed by atoms with E-state index in [4.69, 9.17) is 4.42 Å². The molecule has 0 fully saturated rings. The number of aromatic nitrogens is 2. The van der Waals surface area contributed by atoms with E-state index in [0.29, 0.717) is 16.8 Å². The fourth-order valence-corrected chi connectivity index (χ4v) is 2.39. The molecule has 0 unspecified atom stereocenters. The van der Waals surface area contributed by atoms with Gasteiger partial charge in [0.15, 0.2) is 5.69 Å². The molecule has 1 N–H and O–H groups in total. The van der Waals surface area contributed by atoms with E-state index in [1.807, 2.05) is 26.0 Å². The number of carbonyl (C=O) groups excluding carboxylic acids is 1. The molecule has 0 aliphatic heterocycles. The first kappa shape index (κ1) is 15.0. The highest BCUT2D eigenvalue weighted by Gasteiger charge is 2.16. The van der Waals surface area contributed by atoms with Crippen molar-refractivity contribution < 1.29 is 9.21 Å². The van der Waals surface area contributed by atoms with Crippen LogP contribution in [-0.2, 0) is 13.6 Å². The number of amides is 1. The highest BCUT2D eigenvalue weighted by Crippen LogP contribution is 2.16. The largest absolute Gasteiger partial charge is 0.467 e. The van der Waals surface area contributed by atoms with Crippen LogP contribution in [-0.4, -0.2) is 15.5 Å². The Hall–Kier alpha value is -2.89. The van der Waals surface area contributed by atoms with Crippen LogP contribution in [0.5, 0.6) is 0 Å². The van der Waals surface area contributed by atoms with Crippen LogP contribution in [0.3, 0.4) is 0 Å². The van der Waals surface area contributed by atoms with Crippen LogP contribution < -0.4 is 10.9 Å². The molecule has 1 aromatic carbocycles. The lowest BCUT2D eigenvalue weighted by atomic mass is 10.1. The first-order valence-corrected chi connectivity index (χ1v) is 7.26. The highest BCUT2D eigenvalue weighted by molar-refractivity contribution is 5.93. The van der Waals surface area contributed by atoms with Crippen molar-refractivity contribution >= 4 is 16.9 Å². The second kappa shape index (κ2) is 5.72. The summed E-state index contributed by atoms with van der Waals surface area (Å²) in [5, 5.41) is 2.65. The Morgan fingerprint density at radius 3 is 2.74 bits per heavy atom. The molecule has 0 bridgehead atoms. The lowest BCUT2D eigenvalue weighted by Gasteiger charge is -2.10. The van der Waals surface area contributed by atoms with Crippen LogP contribution in [0.25, 0.3) is 11.0 Å². The SMILES string of the molecule is Cc1cc2nc(C(=O)NCc3ccco3)c(=O)n(C)c2cc1C. The van der Waals surface area contributed by atoms with Crippen LogP contribution in [0.1, 0.15) is 27.4 Å². The number of benzene rings is 1. The number of fused-ring (bicyclic) bond motifs is 1. The summed E-state index contributed by atoms with van der Waals surface area (Å²) in [5.41, 5.74) is 2.93. The molecule has 0 aliphatic rings. The van der Waals surface area contributed by atoms with Crippen molar-refractivity contribution in [1.82, 2.24) is 14.9 Å². The first-order chi connectivity index (χ1) is 11.0. The van der Waals surface area contributed by atoms with Gasteiger partial charge in [-0.1, -0.05) is 0 Å². The molecular weight excluding hydrogens is 294 g/mol. The molecule has 6 heteroatoms. The summed E-state index contributed by atoms with van der Waals surface area (Å²) < 4.78 is 6.61. The molecule has 0 saturated heterocycles. The molecule has 0 atom stereocenters. The summed E-state index contributed by atoms with van der Waals surface area (Å²) in [7, 11) is 1.64. The predicted molar refractivity (Wildman–Crippen MR) is 86.3 cm³/mol. The molecule has 2 aromatic heterocycles. The van der Waals surface area contributed by atoms with Crippen LogP contribution in [0, 0.1) is 13.8 Å². The van der Waals surface area contributed by atoms with Crippen LogP contribution in [0.2, 0.25) is 0 Å². The number of rotatable bonds is 3. The lowest BCUT2D eigenvalue weighted by molar-refractivity contribution is 0.0941. The molecule has 0 aliphatic carbocycles. The Labute approximate surface area is 132 Å². The van der Waals surface area contributed by atoms with Crippen molar-refractivity contribution in [3.05, 3.63) is 63.5 Å². The Morgan fingerprint density at radius 2 is 2.04 bits per heavy atom. The molecular formula is C17H17N3O3. The molecule has 23 heavy (non-hydrogen) atoms. The van der Waals surface area contributed by atoms with Crippen molar-refractivity contribution in [3.63, 3.8) is 0 Å². The van der Waals surface area contributed by atoms with E-state index in [1.54, 1.807) is 19.2 Å². The number of nitrogens with zero attached hydrogens (tertiary/aromatic N) is 2. The van der Waals surface area contributed by atoms with Gasteiger partial charge in [0.1, 0.15) is 5.76 Å². The maximum atomic E-state index is 12.4. The molecule has 3 rings (SSSR count). The van der Waals surface area contributed by atoms with E-state index in [0.717, 1.165) is 11.1 Å². The number of hydrogen-bond donors (Lipinski definition) is 1. The van der Waals surface area contributed by atoms with Crippen molar-refractivity contribution in [2.45, 2.75) is 20.4 Å². The summed E-state index contributed by atoms with van der Waals surface area (Å²) in [5.74, 6) is 0.101. The quantitative estimate of drug-likeness (QED) is 0.803. The zero-order valence-electron chi connectivity index (χ0n) is 13.2. The minimum atomic E-state index is -0.512. The van der Waals surface area contributed by atoms with Gasteiger partial charge in [0, 0.05) is 7.05 Å². The summed E-state index contributed by atoms with van der Waals surface area (Å²) in [4.78, 5) is 28.9. The summed E-state index contributed by atoms with van der Waals surface area (Å²) in [6.45, 7) is 4.16. The molecule has 3 aromatic rings. The Kier molecular flexibility index (Phi) is 3.73. The number of carbonyl (C=O) groups is 1. The molecule has 0 saturated carbocycles. The number of hydrogen-bond acceptors (Lipinski definition) is 4. The topological polar surface area (TPSA) is 77.1 Å². The van der Waals surface area contributed by atoms with Crippen molar-refractivity contribution in [2.75, 3.05) is 0 Å². The van der Waals surface area contributed by atoms with Gasteiger partial charge in [-0.3, -0.25) is 9.59 Å². The van der Waals surface area contributed by atoms with Crippen LogP contribution in [0.15, 0.2) is 39.7 Å². The van der Waals surface area contributed by atoms with Crippen molar-refractivity contribution in [2.24, 2.45) is 7.05 Å². The van der Waals surface area contributed by atoms with Gasteiger partial charge in [0.05, 0.1) is 23.8 Å². The Morgan fingerprint density at radius 1 is 1.30 bits per heavy atom. The van der Waals surface area contributed by atoms with E-state index in [-0.39, 0.29) is 12.2 Å². The zero-order valence-corrected chi connectivity index (χ0v) is 13.2.